The zero-order valence-corrected chi connectivity index (χ0v) is 8.01. The van der Waals surface area contributed by atoms with Crippen LogP contribution in [0.25, 0.3) is 0 Å². The fourth-order valence-corrected chi connectivity index (χ4v) is 0.701. The van der Waals surface area contributed by atoms with Gasteiger partial charge in [-0.05, 0) is 6.92 Å². The van der Waals surface area contributed by atoms with Gasteiger partial charge in [-0.3, -0.25) is 4.79 Å². The van der Waals surface area contributed by atoms with Gasteiger partial charge in [-0.2, -0.15) is 13.2 Å². The maximum atomic E-state index is 11.7. The molecule has 1 amide bonds. The van der Waals surface area contributed by atoms with Gasteiger partial charge in [0.15, 0.2) is 5.84 Å². The predicted molar refractivity (Wildman–Crippen MR) is 46.3 cm³/mol. The molecular weight excluding hydrogens is 215 g/mol. The summed E-state index contributed by atoms with van der Waals surface area (Å²) in [5, 5.41) is 12.8. The quantitative estimate of drug-likeness (QED) is 0.282. The van der Waals surface area contributed by atoms with Crippen molar-refractivity contribution in [2.24, 2.45) is 16.8 Å². The number of hydrogen-bond acceptors (Lipinski definition) is 3. The van der Waals surface area contributed by atoms with Crippen LogP contribution >= 0.6 is 0 Å². The number of nitrogens with two attached hydrogens (primary N) is 1. The summed E-state index contributed by atoms with van der Waals surface area (Å²) >= 11 is 0. The van der Waals surface area contributed by atoms with Gasteiger partial charge in [0.05, 0.1) is 12.3 Å². The molecule has 0 saturated heterocycles. The number of nitrogens with one attached hydrogen (secondary N) is 1. The van der Waals surface area contributed by atoms with Crippen molar-refractivity contribution in [2.45, 2.75) is 19.5 Å². The summed E-state index contributed by atoms with van der Waals surface area (Å²) in [6, 6.07) is 0. The smallest absolute Gasteiger partial charge is 0.390 e. The molecule has 0 rings (SSSR count). The van der Waals surface area contributed by atoms with Crippen molar-refractivity contribution in [1.82, 2.24) is 5.32 Å². The Bertz CT molecular complexity index is 252. The number of amidine groups is 1. The van der Waals surface area contributed by atoms with Gasteiger partial charge in [0, 0.05) is 6.54 Å². The SMILES string of the molecule is CC(C(=O)NCCC(F)(F)F)C(N)=NO. The first-order valence-corrected chi connectivity index (χ1v) is 4.10. The molecule has 0 radical (unpaired) electrons. The number of oxime groups is 1. The fraction of sp³-hybridized carbons (Fsp3) is 0.714. The number of carbonyl (C=O) groups is 1. The monoisotopic (exact) mass is 227 g/mol. The van der Waals surface area contributed by atoms with E-state index in [0.717, 1.165) is 0 Å². The number of hydrogen-bond donors (Lipinski definition) is 3. The van der Waals surface area contributed by atoms with Gasteiger partial charge in [-0.25, -0.2) is 0 Å². The molecule has 0 aromatic rings. The Balaban J connectivity index is 3.95. The molecule has 15 heavy (non-hydrogen) atoms. The van der Waals surface area contributed by atoms with E-state index >= 15 is 0 Å². The number of alkyl halides is 3. The maximum Gasteiger partial charge on any atom is 0.390 e. The Kier molecular flexibility index (Phi) is 4.89. The van der Waals surface area contributed by atoms with E-state index in [9.17, 15) is 18.0 Å². The highest BCUT2D eigenvalue weighted by molar-refractivity contribution is 6.01. The second-order valence-corrected chi connectivity index (χ2v) is 2.90. The van der Waals surface area contributed by atoms with E-state index in [2.05, 4.69) is 5.16 Å². The first-order valence-electron chi connectivity index (χ1n) is 4.10. The molecule has 0 saturated carbocycles. The van der Waals surface area contributed by atoms with Crippen LogP contribution < -0.4 is 11.1 Å². The lowest BCUT2D eigenvalue weighted by molar-refractivity contribution is -0.136. The highest BCUT2D eigenvalue weighted by Crippen LogP contribution is 2.18. The van der Waals surface area contributed by atoms with Gasteiger partial charge >= 0.3 is 6.18 Å². The average Bonchev–Trinajstić information content (AvgIpc) is 2.13. The average molecular weight is 227 g/mol. The number of nitrogens with zero attached hydrogens (tertiary/aromatic N) is 1. The van der Waals surface area contributed by atoms with E-state index < -0.39 is 31.0 Å². The fourth-order valence-electron chi connectivity index (χ4n) is 0.701. The van der Waals surface area contributed by atoms with Crippen LogP contribution in [-0.2, 0) is 4.79 Å². The third-order valence-electron chi connectivity index (χ3n) is 1.66. The largest absolute Gasteiger partial charge is 0.409 e. The molecule has 0 bridgehead atoms. The van der Waals surface area contributed by atoms with Crippen LogP contribution in [0.2, 0.25) is 0 Å². The van der Waals surface area contributed by atoms with Crippen LogP contribution in [0.5, 0.6) is 0 Å². The third kappa shape index (κ3) is 5.76. The van der Waals surface area contributed by atoms with Crippen LogP contribution in [-0.4, -0.2) is 29.7 Å². The standard InChI is InChI=1S/C7H12F3N3O2/c1-4(5(11)13-15)6(14)12-3-2-7(8,9)10/h4,15H,2-3H2,1H3,(H2,11,13)(H,12,14). The second-order valence-electron chi connectivity index (χ2n) is 2.90. The summed E-state index contributed by atoms with van der Waals surface area (Å²) in [4.78, 5) is 11.1. The summed E-state index contributed by atoms with van der Waals surface area (Å²) in [5.74, 6) is -2.02. The Morgan fingerprint density at radius 3 is 2.53 bits per heavy atom. The number of carbonyl (C=O) groups excluding carboxylic acids is 1. The van der Waals surface area contributed by atoms with Gasteiger partial charge in [0.1, 0.15) is 0 Å². The maximum absolute atomic E-state index is 11.7. The first-order chi connectivity index (χ1) is 6.78. The molecule has 88 valence electrons. The third-order valence-corrected chi connectivity index (χ3v) is 1.66. The molecule has 5 nitrogen and oxygen atoms in total. The van der Waals surface area contributed by atoms with Gasteiger partial charge in [-0.1, -0.05) is 5.16 Å². The van der Waals surface area contributed by atoms with E-state index in [4.69, 9.17) is 10.9 Å². The molecule has 0 fully saturated rings. The van der Waals surface area contributed by atoms with E-state index in [1.807, 2.05) is 5.32 Å². The van der Waals surface area contributed by atoms with Gasteiger partial charge in [0.2, 0.25) is 5.91 Å². The zero-order valence-electron chi connectivity index (χ0n) is 8.01. The highest BCUT2D eigenvalue weighted by Gasteiger charge is 2.27. The lowest BCUT2D eigenvalue weighted by Gasteiger charge is -2.11. The Labute approximate surface area is 84.1 Å². The predicted octanol–water partition coefficient (Wildman–Crippen LogP) is 0.437. The topological polar surface area (TPSA) is 87.7 Å². The molecule has 0 aromatic carbocycles. The van der Waals surface area contributed by atoms with E-state index in [1.165, 1.54) is 6.92 Å². The molecule has 0 aliphatic heterocycles. The van der Waals surface area contributed by atoms with Crippen molar-refractivity contribution >= 4 is 11.7 Å². The van der Waals surface area contributed by atoms with Crippen molar-refractivity contribution in [3.8, 4) is 0 Å². The van der Waals surface area contributed by atoms with Crippen molar-refractivity contribution in [3.63, 3.8) is 0 Å². The zero-order chi connectivity index (χ0) is 12.1. The number of halogens is 3. The van der Waals surface area contributed by atoms with Gasteiger partial charge in [-0.15, -0.1) is 0 Å². The summed E-state index contributed by atoms with van der Waals surface area (Å²) in [7, 11) is 0. The van der Waals surface area contributed by atoms with Crippen LogP contribution in [0.3, 0.4) is 0 Å². The van der Waals surface area contributed by atoms with E-state index in [0.29, 0.717) is 0 Å². The Morgan fingerprint density at radius 1 is 1.60 bits per heavy atom. The Hall–Kier alpha value is -1.47. The molecule has 0 heterocycles. The molecular formula is C7H12F3N3O2. The van der Waals surface area contributed by atoms with Crippen LogP contribution in [0, 0.1) is 5.92 Å². The van der Waals surface area contributed by atoms with Crippen LogP contribution in [0.15, 0.2) is 5.16 Å². The van der Waals surface area contributed by atoms with Gasteiger partial charge in [0.25, 0.3) is 0 Å². The van der Waals surface area contributed by atoms with Crippen molar-refractivity contribution in [3.05, 3.63) is 0 Å². The normalized spacial score (nSPS) is 14.8. The molecule has 4 N–H and O–H groups in total. The number of amides is 1. The molecule has 0 spiro atoms. The lowest BCUT2D eigenvalue weighted by atomic mass is 10.1. The molecule has 1 atom stereocenters. The Morgan fingerprint density at radius 2 is 2.13 bits per heavy atom. The molecule has 8 heteroatoms. The van der Waals surface area contributed by atoms with Crippen molar-refractivity contribution in [1.29, 1.82) is 0 Å². The lowest BCUT2D eigenvalue weighted by Crippen LogP contribution is -2.38. The van der Waals surface area contributed by atoms with E-state index in [1.54, 1.807) is 0 Å². The van der Waals surface area contributed by atoms with E-state index in [-0.39, 0.29) is 5.84 Å². The highest BCUT2D eigenvalue weighted by atomic mass is 19.4. The van der Waals surface area contributed by atoms with Crippen LogP contribution in [0.4, 0.5) is 13.2 Å². The second kappa shape index (κ2) is 5.42. The van der Waals surface area contributed by atoms with Crippen molar-refractivity contribution < 1.29 is 23.2 Å². The minimum absolute atomic E-state index is 0.348. The summed E-state index contributed by atoms with van der Waals surface area (Å²) in [6.45, 7) is 0.795. The summed E-state index contributed by atoms with van der Waals surface area (Å²) in [6.07, 6.45) is -5.42. The van der Waals surface area contributed by atoms with Crippen molar-refractivity contribution in [2.75, 3.05) is 6.54 Å². The molecule has 0 aromatic heterocycles. The summed E-state index contributed by atoms with van der Waals surface area (Å²) < 4.78 is 35.1. The number of rotatable bonds is 4. The minimum atomic E-state index is -4.31. The molecule has 0 aliphatic rings. The minimum Gasteiger partial charge on any atom is -0.409 e. The molecule has 1 unspecified atom stereocenters. The van der Waals surface area contributed by atoms with Gasteiger partial charge < -0.3 is 16.3 Å². The first kappa shape index (κ1) is 13.5. The summed E-state index contributed by atoms with van der Waals surface area (Å²) in [5.41, 5.74) is 5.09. The van der Waals surface area contributed by atoms with Crippen LogP contribution in [0.1, 0.15) is 13.3 Å². The molecule has 0 aliphatic carbocycles.